The number of carboxylic acid groups (broad SMARTS) is 1. The number of hydrogen-bond donors (Lipinski definition) is 3. The molecule has 0 bridgehead atoms. The van der Waals surface area contributed by atoms with E-state index in [-0.39, 0.29) is 12.3 Å². The summed E-state index contributed by atoms with van der Waals surface area (Å²) in [6.45, 7) is 0.0738. The maximum atomic E-state index is 11.3. The molecule has 0 aromatic heterocycles. The van der Waals surface area contributed by atoms with E-state index in [1.165, 1.54) is 0 Å². The van der Waals surface area contributed by atoms with E-state index in [9.17, 15) is 9.59 Å². The molecule has 18 heavy (non-hydrogen) atoms. The van der Waals surface area contributed by atoms with Crippen molar-refractivity contribution in [3.8, 4) is 0 Å². The summed E-state index contributed by atoms with van der Waals surface area (Å²) in [6, 6.07) is 8.60. The van der Waals surface area contributed by atoms with Crippen LogP contribution in [0, 0.1) is 0 Å². The van der Waals surface area contributed by atoms with Crippen LogP contribution in [0.1, 0.15) is 12.0 Å². The van der Waals surface area contributed by atoms with Gasteiger partial charge in [-0.25, -0.2) is 0 Å². The first-order chi connectivity index (χ1) is 8.63. The Morgan fingerprint density at radius 2 is 1.94 bits per heavy atom. The smallest absolute Gasteiger partial charge is 0.321 e. The first-order valence-corrected chi connectivity index (χ1v) is 6.39. The minimum absolute atomic E-state index is 0.0238. The van der Waals surface area contributed by atoms with Crippen molar-refractivity contribution in [3.05, 3.63) is 35.9 Å². The summed E-state index contributed by atoms with van der Waals surface area (Å²) in [5.41, 5.74) is 0.930. The number of carboxylic acids is 1. The topological polar surface area (TPSA) is 66.4 Å². The largest absolute Gasteiger partial charge is 0.480 e. The number of aliphatic carboxylic acids is 1. The van der Waals surface area contributed by atoms with Crippen molar-refractivity contribution >= 4 is 24.4 Å². The van der Waals surface area contributed by atoms with Gasteiger partial charge in [-0.2, -0.15) is 12.6 Å². The van der Waals surface area contributed by atoms with Gasteiger partial charge in [0.25, 0.3) is 0 Å². The highest BCUT2D eigenvalue weighted by Crippen LogP contribution is 2.03. The van der Waals surface area contributed by atoms with E-state index in [0.29, 0.717) is 18.6 Å². The molecule has 98 valence electrons. The molecule has 4 nitrogen and oxygen atoms in total. The number of nitrogens with one attached hydrogen (secondary N) is 1. The van der Waals surface area contributed by atoms with Gasteiger partial charge in [0.15, 0.2) is 0 Å². The van der Waals surface area contributed by atoms with Crippen LogP contribution in [-0.2, 0) is 16.0 Å². The Labute approximate surface area is 112 Å². The first kappa shape index (κ1) is 14.7. The van der Waals surface area contributed by atoms with Crippen molar-refractivity contribution < 1.29 is 14.7 Å². The molecular formula is C13H17NO3S. The number of hydrogen-bond acceptors (Lipinski definition) is 4. The molecule has 0 aliphatic rings. The molecule has 0 fully saturated rings. The van der Waals surface area contributed by atoms with Gasteiger partial charge in [0.1, 0.15) is 11.8 Å². The molecule has 1 aromatic rings. The van der Waals surface area contributed by atoms with Crippen LogP contribution in [0.2, 0.25) is 0 Å². The lowest BCUT2D eigenvalue weighted by atomic mass is 10.1. The molecule has 0 aliphatic carbocycles. The van der Waals surface area contributed by atoms with Crippen molar-refractivity contribution in [2.45, 2.75) is 18.9 Å². The lowest BCUT2D eigenvalue weighted by molar-refractivity contribution is -0.139. The van der Waals surface area contributed by atoms with Crippen molar-refractivity contribution in [2.75, 3.05) is 12.3 Å². The number of carbonyl (C=O) groups excluding carboxylic acids is 1. The zero-order chi connectivity index (χ0) is 13.4. The molecule has 0 aliphatic heterocycles. The third-order valence-electron chi connectivity index (χ3n) is 2.52. The Morgan fingerprint density at radius 1 is 1.28 bits per heavy atom. The Kier molecular flexibility index (Phi) is 6.46. The van der Waals surface area contributed by atoms with E-state index in [0.717, 1.165) is 5.56 Å². The van der Waals surface area contributed by atoms with E-state index >= 15 is 0 Å². The van der Waals surface area contributed by atoms with Gasteiger partial charge < -0.3 is 5.11 Å². The van der Waals surface area contributed by atoms with Crippen LogP contribution in [-0.4, -0.2) is 35.2 Å². The van der Waals surface area contributed by atoms with E-state index < -0.39 is 12.0 Å². The summed E-state index contributed by atoms with van der Waals surface area (Å²) in [7, 11) is 0. The van der Waals surface area contributed by atoms with Crippen LogP contribution in [0.25, 0.3) is 0 Å². The molecule has 0 radical (unpaired) electrons. The zero-order valence-electron chi connectivity index (χ0n) is 10.0. The third kappa shape index (κ3) is 5.33. The lowest BCUT2D eigenvalue weighted by Crippen LogP contribution is -2.41. The van der Waals surface area contributed by atoms with Gasteiger partial charge in [-0.3, -0.25) is 14.9 Å². The molecule has 0 saturated carbocycles. The maximum absolute atomic E-state index is 11.3. The standard InChI is InChI=1S/C13H17NO3S/c15-11(6-7-18)9-14-12(13(16)17)8-10-4-2-1-3-5-10/h1-5,12,14,18H,6-9H2,(H,16,17)/t12-/m0/s1. The highest BCUT2D eigenvalue weighted by atomic mass is 32.1. The Bertz CT molecular complexity index is 394. The van der Waals surface area contributed by atoms with E-state index in [2.05, 4.69) is 17.9 Å². The highest BCUT2D eigenvalue weighted by molar-refractivity contribution is 7.80. The predicted molar refractivity (Wildman–Crippen MR) is 73.0 cm³/mol. The monoisotopic (exact) mass is 267 g/mol. The van der Waals surface area contributed by atoms with Crippen LogP contribution in [0.5, 0.6) is 0 Å². The molecule has 1 aromatic carbocycles. The van der Waals surface area contributed by atoms with Crippen LogP contribution < -0.4 is 5.32 Å². The summed E-state index contributed by atoms with van der Waals surface area (Å²) < 4.78 is 0. The van der Waals surface area contributed by atoms with Gasteiger partial charge in [0.05, 0.1) is 6.54 Å². The van der Waals surface area contributed by atoms with Crippen LogP contribution in [0.3, 0.4) is 0 Å². The number of benzene rings is 1. The number of thiol groups is 1. The molecule has 0 spiro atoms. The van der Waals surface area contributed by atoms with Crippen molar-refractivity contribution in [1.82, 2.24) is 5.32 Å². The summed E-state index contributed by atoms with van der Waals surface area (Å²) in [6.07, 6.45) is 0.720. The average molecular weight is 267 g/mol. The number of rotatable bonds is 8. The summed E-state index contributed by atoms with van der Waals surface area (Å²) in [5.74, 6) is -0.487. The fourth-order valence-electron chi connectivity index (χ4n) is 1.55. The number of ketones is 1. The quantitative estimate of drug-likeness (QED) is 0.618. The molecule has 5 heteroatoms. The highest BCUT2D eigenvalue weighted by Gasteiger charge is 2.18. The van der Waals surface area contributed by atoms with Crippen molar-refractivity contribution in [2.24, 2.45) is 0 Å². The molecular weight excluding hydrogens is 250 g/mol. The van der Waals surface area contributed by atoms with Gasteiger partial charge >= 0.3 is 5.97 Å². The van der Waals surface area contributed by atoms with E-state index in [1.807, 2.05) is 30.3 Å². The fraction of sp³-hybridized carbons (Fsp3) is 0.385. The van der Waals surface area contributed by atoms with Gasteiger partial charge in [0, 0.05) is 6.42 Å². The summed E-state index contributed by atoms with van der Waals surface area (Å²) >= 11 is 3.96. The summed E-state index contributed by atoms with van der Waals surface area (Å²) in [4.78, 5) is 22.4. The fourth-order valence-corrected chi connectivity index (χ4v) is 1.80. The Balaban J connectivity index is 2.51. The Hall–Kier alpha value is -1.33. The van der Waals surface area contributed by atoms with Gasteiger partial charge in [0.2, 0.25) is 0 Å². The second-order valence-corrected chi connectivity index (χ2v) is 4.42. The molecule has 1 rings (SSSR count). The van der Waals surface area contributed by atoms with Gasteiger partial charge in [-0.05, 0) is 17.7 Å². The molecule has 0 heterocycles. The molecule has 0 amide bonds. The predicted octanol–water partition coefficient (Wildman–Crippen LogP) is 1.16. The molecule has 1 atom stereocenters. The van der Waals surface area contributed by atoms with E-state index in [1.54, 1.807) is 0 Å². The molecule has 0 unspecified atom stereocenters. The van der Waals surface area contributed by atoms with Crippen LogP contribution in [0.4, 0.5) is 0 Å². The maximum Gasteiger partial charge on any atom is 0.321 e. The van der Waals surface area contributed by atoms with Crippen LogP contribution >= 0.6 is 12.6 Å². The Morgan fingerprint density at radius 3 is 2.50 bits per heavy atom. The molecule has 0 saturated heterocycles. The normalized spacial score (nSPS) is 12.1. The minimum Gasteiger partial charge on any atom is -0.480 e. The molecule has 2 N–H and O–H groups in total. The van der Waals surface area contributed by atoms with Crippen molar-refractivity contribution in [1.29, 1.82) is 0 Å². The second kappa shape index (κ2) is 7.89. The number of Topliss-reactive ketones (excluding diaryl/α,β-unsaturated/α-hetero) is 1. The van der Waals surface area contributed by atoms with Crippen molar-refractivity contribution in [3.63, 3.8) is 0 Å². The number of carbonyl (C=O) groups is 2. The second-order valence-electron chi connectivity index (χ2n) is 3.97. The van der Waals surface area contributed by atoms with Crippen LogP contribution in [0.15, 0.2) is 30.3 Å². The first-order valence-electron chi connectivity index (χ1n) is 5.76. The minimum atomic E-state index is -0.947. The zero-order valence-corrected chi connectivity index (χ0v) is 10.9. The SMILES string of the molecule is O=C(CCS)CN[C@@H](Cc1ccccc1)C(=O)O. The van der Waals surface area contributed by atoms with Gasteiger partial charge in [-0.1, -0.05) is 30.3 Å². The van der Waals surface area contributed by atoms with E-state index in [4.69, 9.17) is 5.11 Å². The lowest BCUT2D eigenvalue weighted by Gasteiger charge is -2.13. The average Bonchev–Trinajstić information content (AvgIpc) is 2.35. The van der Waals surface area contributed by atoms with Gasteiger partial charge in [-0.15, -0.1) is 0 Å². The summed E-state index contributed by atoms with van der Waals surface area (Å²) in [5, 5.41) is 11.9. The third-order valence-corrected chi connectivity index (χ3v) is 2.74.